The normalized spacial score (nSPS) is 10.6. The molecule has 1 amide bonds. The van der Waals surface area contributed by atoms with E-state index < -0.39 is 0 Å². The fourth-order valence-corrected chi connectivity index (χ4v) is 2.50. The standard InChI is InChI=1S/C18H16ClN3O2/c1-2-22(12-13-7-4-3-5-8-13)18(23)17-21-20-16(24-17)14-9-6-10-15(19)11-14/h3-11H,2,12H2,1H3. The summed E-state index contributed by atoms with van der Waals surface area (Å²) in [5.41, 5.74) is 1.72. The van der Waals surface area contributed by atoms with Crippen molar-refractivity contribution in [3.05, 3.63) is 71.1 Å². The Bertz CT molecular complexity index is 833. The first-order valence-corrected chi connectivity index (χ1v) is 7.98. The second-order valence-corrected chi connectivity index (χ2v) is 5.66. The third kappa shape index (κ3) is 3.63. The van der Waals surface area contributed by atoms with Crippen LogP contribution >= 0.6 is 11.6 Å². The number of carbonyl (C=O) groups excluding carboxylic acids is 1. The number of nitrogens with zero attached hydrogens (tertiary/aromatic N) is 3. The second kappa shape index (κ2) is 7.27. The fourth-order valence-electron chi connectivity index (χ4n) is 2.31. The average Bonchev–Trinajstić information content (AvgIpc) is 3.10. The molecule has 122 valence electrons. The van der Waals surface area contributed by atoms with E-state index in [2.05, 4.69) is 10.2 Å². The van der Waals surface area contributed by atoms with E-state index in [0.29, 0.717) is 23.7 Å². The summed E-state index contributed by atoms with van der Waals surface area (Å²) >= 11 is 5.96. The number of amides is 1. The number of benzene rings is 2. The molecule has 0 saturated carbocycles. The minimum atomic E-state index is -0.290. The van der Waals surface area contributed by atoms with Crippen molar-refractivity contribution in [3.63, 3.8) is 0 Å². The van der Waals surface area contributed by atoms with Gasteiger partial charge in [0, 0.05) is 23.7 Å². The number of hydrogen-bond donors (Lipinski definition) is 0. The van der Waals surface area contributed by atoms with Gasteiger partial charge in [-0.3, -0.25) is 4.79 Å². The maximum atomic E-state index is 12.6. The van der Waals surface area contributed by atoms with Crippen molar-refractivity contribution in [1.82, 2.24) is 15.1 Å². The van der Waals surface area contributed by atoms with E-state index in [4.69, 9.17) is 16.0 Å². The van der Waals surface area contributed by atoms with Crippen LogP contribution < -0.4 is 0 Å². The highest BCUT2D eigenvalue weighted by atomic mass is 35.5. The van der Waals surface area contributed by atoms with Crippen molar-refractivity contribution < 1.29 is 9.21 Å². The summed E-state index contributed by atoms with van der Waals surface area (Å²) in [4.78, 5) is 14.3. The van der Waals surface area contributed by atoms with Gasteiger partial charge in [-0.1, -0.05) is 48.0 Å². The zero-order valence-corrected chi connectivity index (χ0v) is 13.9. The molecule has 3 rings (SSSR count). The van der Waals surface area contributed by atoms with E-state index in [-0.39, 0.29) is 17.7 Å². The number of aromatic nitrogens is 2. The summed E-state index contributed by atoms with van der Waals surface area (Å²) in [6.45, 7) is 2.95. The largest absolute Gasteiger partial charge is 0.412 e. The Balaban J connectivity index is 1.79. The number of rotatable bonds is 5. The molecule has 6 heteroatoms. The van der Waals surface area contributed by atoms with Crippen molar-refractivity contribution in [1.29, 1.82) is 0 Å². The monoisotopic (exact) mass is 341 g/mol. The van der Waals surface area contributed by atoms with Crippen LogP contribution in [0.1, 0.15) is 23.2 Å². The van der Waals surface area contributed by atoms with Crippen molar-refractivity contribution in [2.45, 2.75) is 13.5 Å². The minimum absolute atomic E-state index is 0.0252. The Hall–Kier alpha value is -2.66. The quantitative estimate of drug-likeness (QED) is 0.702. The van der Waals surface area contributed by atoms with E-state index >= 15 is 0 Å². The summed E-state index contributed by atoms with van der Waals surface area (Å²) in [5.74, 6) is -0.0403. The molecule has 0 radical (unpaired) electrons. The molecule has 0 aliphatic carbocycles. The molecule has 3 aromatic rings. The first kappa shape index (κ1) is 16.2. The molecule has 0 aliphatic rings. The summed E-state index contributed by atoms with van der Waals surface area (Å²) in [7, 11) is 0. The number of carbonyl (C=O) groups is 1. The Morgan fingerprint density at radius 1 is 1.12 bits per heavy atom. The molecule has 24 heavy (non-hydrogen) atoms. The molecule has 0 unspecified atom stereocenters. The molecule has 0 atom stereocenters. The van der Waals surface area contributed by atoms with Crippen LogP contribution in [0, 0.1) is 0 Å². The highest BCUT2D eigenvalue weighted by Crippen LogP contribution is 2.22. The molecule has 0 N–H and O–H groups in total. The van der Waals surface area contributed by atoms with Gasteiger partial charge in [-0.05, 0) is 30.7 Å². The third-order valence-electron chi connectivity index (χ3n) is 3.56. The average molecular weight is 342 g/mol. The lowest BCUT2D eigenvalue weighted by Crippen LogP contribution is -2.30. The van der Waals surface area contributed by atoms with E-state index in [1.54, 1.807) is 29.2 Å². The first-order chi connectivity index (χ1) is 11.7. The molecular weight excluding hydrogens is 326 g/mol. The maximum Gasteiger partial charge on any atom is 0.311 e. The Labute approximate surface area is 144 Å². The van der Waals surface area contributed by atoms with Crippen molar-refractivity contribution >= 4 is 17.5 Å². The van der Waals surface area contributed by atoms with Crippen LogP contribution in [0.5, 0.6) is 0 Å². The molecular formula is C18H16ClN3O2. The highest BCUT2D eigenvalue weighted by molar-refractivity contribution is 6.30. The van der Waals surface area contributed by atoms with Gasteiger partial charge in [0.05, 0.1) is 0 Å². The predicted molar refractivity (Wildman–Crippen MR) is 91.6 cm³/mol. The molecule has 0 spiro atoms. The van der Waals surface area contributed by atoms with E-state index in [0.717, 1.165) is 5.56 Å². The SMILES string of the molecule is CCN(Cc1ccccc1)C(=O)c1nnc(-c2cccc(Cl)c2)o1. The third-order valence-corrected chi connectivity index (χ3v) is 3.80. The van der Waals surface area contributed by atoms with Gasteiger partial charge in [0.1, 0.15) is 0 Å². The van der Waals surface area contributed by atoms with Crippen LogP contribution in [-0.4, -0.2) is 27.5 Å². The van der Waals surface area contributed by atoms with Crippen LogP contribution in [-0.2, 0) is 6.54 Å². The van der Waals surface area contributed by atoms with Crippen molar-refractivity contribution in [2.75, 3.05) is 6.54 Å². The zero-order chi connectivity index (χ0) is 16.9. The number of hydrogen-bond acceptors (Lipinski definition) is 4. The van der Waals surface area contributed by atoms with Gasteiger partial charge in [0.25, 0.3) is 0 Å². The summed E-state index contributed by atoms with van der Waals surface area (Å²) in [6.07, 6.45) is 0. The van der Waals surface area contributed by atoms with Crippen LogP contribution in [0.2, 0.25) is 5.02 Å². The van der Waals surface area contributed by atoms with Gasteiger partial charge >= 0.3 is 11.8 Å². The molecule has 0 aliphatic heterocycles. The zero-order valence-electron chi connectivity index (χ0n) is 13.1. The smallest absolute Gasteiger partial charge is 0.311 e. The van der Waals surface area contributed by atoms with E-state index in [1.807, 2.05) is 37.3 Å². The van der Waals surface area contributed by atoms with Crippen LogP contribution in [0.25, 0.3) is 11.5 Å². The van der Waals surface area contributed by atoms with Gasteiger partial charge in [-0.15, -0.1) is 10.2 Å². The summed E-state index contributed by atoms with van der Waals surface area (Å²) in [5, 5.41) is 8.40. The Kier molecular flexibility index (Phi) is 4.91. The minimum Gasteiger partial charge on any atom is -0.412 e. The van der Waals surface area contributed by atoms with Gasteiger partial charge < -0.3 is 9.32 Å². The molecule has 1 heterocycles. The van der Waals surface area contributed by atoms with Gasteiger partial charge in [0.2, 0.25) is 5.89 Å². The van der Waals surface area contributed by atoms with Crippen LogP contribution in [0.4, 0.5) is 0 Å². The molecule has 0 fully saturated rings. The topological polar surface area (TPSA) is 59.2 Å². The second-order valence-electron chi connectivity index (χ2n) is 5.23. The van der Waals surface area contributed by atoms with Crippen LogP contribution in [0.3, 0.4) is 0 Å². The lowest BCUT2D eigenvalue weighted by Gasteiger charge is -2.18. The van der Waals surface area contributed by atoms with Crippen LogP contribution in [0.15, 0.2) is 59.0 Å². The van der Waals surface area contributed by atoms with Gasteiger partial charge in [0.15, 0.2) is 0 Å². The molecule has 0 saturated heterocycles. The maximum absolute atomic E-state index is 12.6. The Morgan fingerprint density at radius 2 is 1.92 bits per heavy atom. The van der Waals surface area contributed by atoms with Crippen molar-refractivity contribution in [3.8, 4) is 11.5 Å². The predicted octanol–water partition coefficient (Wildman–Crippen LogP) is 4.05. The lowest BCUT2D eigenvalue weighted by atomic mass is 10.2. The first-order valence-electron chi connectivity index (χ1n) is 7.60. The van der Waals surface area contributed by atoms with Gasteiger partial charge in [-0.2, -0.15) is 0 Å². The summed E-state index contributed by atoms with van der Waals surface area (Å²) in [6, 6.07) is 16.8. The Morgan fingerprint density at radius 3 is 2.62 bits per heavy atom. The number of halogens is 1. The van der Waals surface area contributed by atoms with E-state index in [9.17, 15) is 4.79 Å². The van der Waals surface area contributed by atoms with E-state index in [1.165, 1.54) is 0 Å². The highest BCUT2D eigenvalue weighted by Gasteiger charge is 2.21. The molecule has 5 nitrogen and oxygen atoms in total. The molecule has 1 aromatic heterocycles. The molecule has 2 aromatic carbocycles. The van der Waals surface area contributed by atoms with Gasteiger partial charge in [-0.25, -0.2) is 0 Å². The fraction of sp³-hybridized carbons (Fsp3) is 0.167. The lowest BCUT2D eigenvalue weighted by molar-refractivity contribution is 0.0713. The summed E-state index contributed by atoms with van der Waals surface area (Å²) < 4.78 is 5.53. The van der Waals surface area contributed by atoms with Crippen molar-refractivity contribution in [2.24, 2.45) is 0 Å². The molecule has 0 bridgehead atoms.